The summed E-state index contributed by atoms with van der Waals surface area (Å²) in [4.78, 5) is 23.7. The molecule has 0 bridgehead atoms. The molecule has 0 saturated heterocycles. The molecule has 7 heteroatoms. The number of aryl methyl sites for hydroxylation is 1. The van der Waals surface area contributed by atoms with Crippen molar-refractivity contribution in [1.29, 1.82) is 0 Å². The summed E-state index contributed by atoms with van der Waals surface area (Å²) < 4.78 is 8.27. The number of carbonyl (C=O) groups is 2. The van der Waals surface area contributed by atoms with Crippen LogP contribution in [0.5, 0.6) is 0 Å². The van der Waals surface area contributed by atoms with Crippen LogP contribution in [0.1, 0.15) is 22.3 Å². The lowest BCUT2D eigenvalue weighted by atomic mass is 10.0. The van der Waals surface area contributed by atoms with Crippen molar-refractivity contribution >= 4 is 46.0 Å². The van der Waals surface area contributed by atoms with E-state index in [1.54, 1.807) is 24.3 Å². The monoisotopic (exact) mass is 324 g/mol. The van der Waals surface area contributed by atoms with Gasteiger partial charge in [0.05, 0.1) is 11.7 Å². The van der Waals surface area contributed by atoms with Crippen LogP contribution in [0.3, 0.4) is 0 Å². The number of anilines is 2. The molecule has 0 aliphatic carbocycles. The van der Waals surface area contributed by atoms with E-state index in [2.05, 4.69) is 19.4 Å². The summed E-state index contributed by atoms with van der Waals surface area (Å²) in [5.41, 5.74) is 4.60. The summed E-state index contributed by atoms with van der Waals surface area (Å²) >= 11 is 1.13. The van der Waals surface area contributed by atoms with Crippen molar-refractivity contribution in [2.45, 2.75) is 12.8 Å². The first-order valence-electron chi connectivity index (χ1n) is 7.15. The van der Waals surface area contributed by atoms with Gasteiger partial charge in [-0.3, -0.25) is 9.59 Å². The summed E-state index contributed by atoms with van der Waals surface area (Å²) in [7, 11) is 0. The molecule has 0 atom stereocenters. The minimum Gasteiger partial charge on any atom is -0.326 e. The third kappa shape index (κ3) is 2.66. The summed E-state index contributed by atoms with van der Waals surface area (Å²) in [6.07, 6.45) is 1.15. The highest BCUT2D eigenvalue weighted by molar-refractivity contribution is 7.00. The predicted octanol–water partition coefficient (Wildman–Crippen LogP) is 2.83. The Morgan fingerprint density at radius 1 is 1.09 bits per heavy atom. The molecule has 1 aliphatic rings. The van der Waals surface area contributed by atoms with Crippen LogP contribution in [0, 0.1) is 0 Å². The molecular formula is C16H12N4O2S. The summed E-state index contributed by atoms with van der Waals surface area (Å²) in [6, 6.07) is 10.7. The van der Waals surface area contributed by atoms with Crippen LogP contribution in [0.2, 0.25) is 0 Å². The molecule has 1 aromatic heterocycles. The van der Waals surface area contributed by atoms with Crippen molar-refractivity contribution in [3.8, 4) is 0 Å². The number of rotatable bonds is 2. The molecule has 0 unspecified atom stereocenters. The van der Waals surface area contributed by atoms with E-state index in [1.807, 2.05) is 12.1 Å². The number of aromatic nitrogens is 2. The van der Waals surface area contributed by atoms with E-state index in [-0.39, 0.29) is 11.8 Å². The first-order chi connectivity index (χ1) is 11.2. The van der Waals surface area contributed by atoms with Crippen LogP contribution in [-0.4, -0.2) is 20.6 Å². The van der Waals surface area contributed by atoms with Crippen molar-refractivity contribution in [2.24, 2.45) is 0 Å². The third-order valence-electron chi connectivity index (χ3n) is 3.77. The Bertz CT molecular complexity index is 935. The molecule has 2 amide bonds. The van der Waals surface area contributed by atoms with Gasteiger partial charge in [-0.25, -0.2) is 0 Å². The second-order valence-corrected chi connectivity index (χ2v) is 5.87. The second-order valence-electron chi connectivity index (χ2n) is 5.34. The van der Waals surface area contributed by atoms with E-state index in [4.69, 9.17) is 0 Å². The van der Waals surface area contributed by atoms with Crippen LogP contribution in [-0.2, 0) is 11.2 Å². The first-order valence-corrected chi connectivity index (χ1v) is 7.88. The Morgan fingerprint density at radius 2 is 1.96 bits per heavy atom. The van der Waals surface area contributed by atoms with Crippen molar-refractivity contribution in [1.82, 2.24) is 8.75 Å². The fraction of sp³-hybridized carbons (Fsp3) is 0.125. The van der Waals surface area contributed by atoms with Gasteiger partial charge in [0.1, 0.15) is 11.0 Å². The summed E-state index contributed by atoms with van der Waals surface area (Å²) in [5, 5.41) is 5.70. The molecular weight excluding hydrogens is 312 g/mol. The number of benzene rings is 2. The van der Waals surface area contributed by atoms with Gasteiger partial charge in [-0.1, -0.05) is 0 Å². The molecule has 2 N–H and O–H groups in total. The van der Waals surface area contributed by atoms with Gasteiger partial charge < -0.3 is 10.6 Å². The van der Waals surface area contributed by atoms with Crippen LogP contribution < -0.4 is 10.6 Å². The third-order valence-corrected chi connectivity index (χ3v) is 4.33. The minimum atomic E-state index is -0.195. The Kier molecular flexibility index (Phi) is 3.27. The molecule has 0 radical (unpaired) electrons. The zero-order chi connectivity index (χ0) is 15.8. The van der Waals surface area contributed by atoms with E-state index in [0.29, 0.717) is 24.1 Å². The van der Waals surface area contributed by atoms with Gasteiger partial charge in [0.25, 0.3) is 5.91 Å². The maximum Gasteiger partial charge on any atom is 0.255 e. The topological polar surface area (TPSA) is 84.0 Å². The number of nitrogens with one attached hydrogen (secondary N) is 2. The molecule has 0 spiro atoms. The smallest absolute Gasteiger partial charge is 0.255 e. The number of nitrogens with zero attached hydrogens (tertiary/aromatic N) is 2. The molecule has 0 fully saturated rings. The average Bonchev–Trinajstić information content (AvgIpc) is 3.02. The molecule has 0 saturated carbocycles. The van der Waals surface area contributed by atoms with Crippen molar-refractivity contribution in [3.05, 3.63) is 47.5 Å². The quantitative estimate of drug-likeness (QED) is 0.759. The molecule has 114 valence electrons. The van der Waals surface area contributed by atoms with Gasteiger partial charge in [0.2, 0.25) is 5.91 Å². The Hall–Kier alpha value is -2.80. The van der Waals surface area contributed by atoms with Crippen molar-refractivity contribution in [2.75, 3.05) is 10.6 Å². The Morgan fingerprint density at radius 3 is 2.87 bits per heavy atom. The van der Waals surface area contributed by atoms with Crippen LogP contribution in [0.25, 0.3) is 11.0 Å². The van der Waals surface area contributed by atoms with E-state index in [9.17, 15) is 9.59 Å². The maximum atomic E-state index is 12.4. The van der Waals surface area contributed by atoms with E-state index < -0.39 is 0 Å². The van der Waals surface area contributed by atoms with E-state index in [0.717, 1.165) is 34.0 Å². The average molecular weight is 324 g/mol. The zero-order valence-corrected chi connectivity index (χ0v) is 12.8. The SMILES string of the molecule is O=C1CCc2cc(NC(=O)c3ccc4nsnc4c3)ccc2N1. The largest absolute Gasteiger partial charge is 0.326 e. The van der Waals surface area contributed by atoms with Gasteiger partial charge in [0, 0.05) is 23.4 Å². The molecule has 2 heterocycles. The minimum absolute atomic E-state index is 0.0273. The van der Waals surface area contributed by atoms with Crippen molar-refractivity contribution in [3.63, 3.8) is 0 Å². The normalized spacial score (nSPS) is 13.5. The Labute approximate surface area is 135 Å². The lowest BCUT2D eigenvalue weighted by Crippen LogP contribution is -2.19. The van der Waals surface area contributed by atoms with Gasteiger partial charge in [-0.15, -0.1) is 0 Å². The number of hydrogen-bond donors (Lipinski definition) is 2. The molecule has 1 aliphatic heterocycles. The fourth-order valence-corrected chi connectivity index (χ4v) is 3.11. The maximum absolute atomic E-state index is 12.4. The predicted molar refractivity (Wildman–Crippen MR) is 88.8 cm³/mol. The standard InChI is InChI=1S/C16H12N4O2S/c21-15-6-2-9-7-11(3-5-12(9)18-15)17-16(22)10-1-4-13-14(8-10)20-23-19-13/h1,3-5,7-8H,2,6H2,(H,17,22)(H,18,21). The first kappa shape index (κ1) is 13.8. The second kappa shape index (κ2) is 5.44. The van der Waals surface area contributed by atoms with Crippen LogP contribution in [0.15, 0.2) is 36.4 Å². The van der Waals surface area contributed by atoms with Crippen LogP contribution >= 0.6 is 11.7 Å². The number of hydrogen-bond acceptors (Lipinski definition) is 5. The van der Waals surface area contributed by atoms with Crippen LogP contribution in [0.4, 0.5) is 11.4 Å². The lowest BCUT2D eigenvalue weighted by Gasteiger charge is -2.17. The molecule has 3 aromatic rings. The molecule has 23 heavy (non-hydrogen) atoms. The van der Waals surface area contributed by atoms with Gasteiger partial charge in [-0.2, -0.15) is 8.75 Å². The molecule has 2 aromatic carbocycles. The molecule has 4 rings (SSSR count). The Balaban J connectivity index is 1.57. The number of amides is 2. The van der Waals surface area contributed by atoms with Gasteiger partial charge in [0.15, 0.2) is 0 Å². The van der Waals surface area contributed by atoms with Gasteiger partial charge in [-0.05, 0) is 48.4 Å². The highest BCUT2D eigenvalue weighted by Crippen LogP contribution is 2.26. The van der Waals surface area contributed by atoms with E-state index in [1.165, 1.54) is 0 Å². The highest BCUT2D eigenvalue weighted by Gasteiger charge is 2.15. The zero-order valence-electron chi connectivity index (χ0n) is 12.0. The summed E-state index contributed by atoms with van der Waals surface area (Å²) in [5.74, 6) is -0.167. The highest BCUT2D eigenvalue weighted by atomic mass is 32.1. The fourth-order valence-electron chi connectivity index (χ4n) is 2.59. The summed E-state index contributed by atoms with van der Waals surface area (Å²) in [6.45, 7) is 0. The number of carbonyl (C=O) groups excluding carboxylic acids is 2. The van der Waals surface area contributed by atoms with Gasteiger partial charge >= 0.3 is 0 Å². The number of fused-ring (bicyclic) bond motifs is 2. The van der Waals surface area contributed by atoms with E-state index >= 15 is 0 Å². The molecule has 6 nitrogen and oxygen atoms in total. The lowest BCUT2D eigenvalue weighted by molar-refractivity contribution is -0.116. The van der Waals surface area contributed by atoms with Crippen molar-refractivity contribution < 1.29 is 9.59 Å².